The summed E-state index contributed by atoms with van der Waals surface area (Å²) >= 11 is 5.03. The highest BCUT2D eigenvalue weighted by molar-refractivity contribution is 9.10. The zero-order chi connectivity index (χ0) is 18.9. The van der Waals surface area contributed by atoms with Crippen molar-refractivity contribution in [2.75, 3.05) is 12.0 Å². The number of benzene rings is 2. The van der Waals surface area contributed by atoms with Gasteiger partial charge in [0.15, 0.2) is 0 Å². The third-order valence-corrected chi connectivity index (χ3v) is 5.27. The minimum Gasteiger partial charge on any atom is -0.350 e. The van der Waals surface area contributed by atoms with Crippen molar-refractivity contribution in [1.29, 1.82) is 0 Å². The summed E-state index contributed by atoms with van der Waals surface area (Å²) in [6, 6.07) is 14.6. The van der Waals surface area contributed by atoms with Crippen molar-refractivity contribution in [1.82, 2.24) is 10.6 Å². The van der Waals surface area contributed by atoms with Gasteiger partial charge in [-0.15, -0.1) is 0 Å². The summed E-state index contributed by atoms with van der Waals surface area (Å²) in [5.41, 5.74) is 2.73. The van der Waals surface area contributed by atoms with Crippen molar-refractivity contribution in [2.45, 2.75) is 25.9 Å². The fourth-order valence-electron chi connectivity index (χ4n) is 2.40. The number of hydrogen-bond acceptors (Lipinski definition) is 3. The van der Waals surface area contributed by atoms with Gasteiger partial charge in [0.25, 0.3) is 5.91 Å². The smallest absolute Gasteiger partial charge is 0.253 e. The van der Waals surface area contributed by atoms with Gasteiger partial charge in [-0.05, 0) is 59.0 Å². The minimum atomic E-state index is -0.562. The van der Waals surface area contributed by atoms with Crippen LogP contribution in [0.4, 0.5) is 0 Å². The zero-order valence-corrected chi connectivity index (χ0v) is 17.3. The molecule has 2 rings (SSSR count). The summed E-state index contributed by atoms with van der Waals surface area (Å²) in [7, 11) is 0. The minimum absolute atomic E-state index is 0.167. The Morgan fingerprint density at radius 3 is 2.46 bits per heavy atom. The maximum Gasteiger partial charge on any atom is 0.253 e. The van der Waals surface area contributed by atoms with Gasteiger partial charge in [-0.2, -0.15) is 11.8 Å². The first-order chi connectivity index (χ1) is 12.5. The monoisotopic (exact) mass is 434 g/mol. The molecule has 4 nitrogen and oxygen atoms in total. The van der Waals surface area contributed by atoms with Gasteiger partial charge in [0.05, 0.1) is 5.56 Å². The predicted molar refractivity (Wildman–Crippen MR) is 111 cm³/mol. The first-order valence-corrected chi connectivity index (χ1v) is 10.6. The lowest BCUT2D eigenvalue weighted by Crippen LogP contribution is -2.47. The van der Waals surface area contributed by atoms with E-state index in [-0.39, 0.29) is 11.8 Å². The number of thioether (sulfide) groups is 1. The number of aryl methyl sites for hydroxylation is 1. The average Bonchev–Trinajstić information content (AvgIpc) is 2.64. The summed E-state index contributed by atoms with van der Waals surface area (Å²) in [6.45, 7) is 2.47. The Morgan fingerprint density at radius 1 is 1.12 bits per heavy atom. The highest BCUT2D eigenvalue weighted by atomic mass is 79.9. The Bertz CT molecular complexity index is 750. The van der Waals surface area contributed by atoms with E-state index in [4.69, 9.17) is 0 Å². The van der Waals surface area contributed by atoms with E-state index in [1.807, 2.05) is 49.6 Å². The first-order valence-electron chi connectivity index (χ1n) is 8.39. The highest BCUT2D eigenvalue weighted by Gasteiger charge is 2.21. The van der Waals surface area contributed by atoms with Gasteiger partial charge in [-0.25, -0.2) is 0 Å². The Labute approximate surface area is 167 Å². The highest BCUT2D eigenvalue weighted by Crippen LogP contribution is 2.16. The van der Waals surface area contributed by atoms with Crippen molar-refractivity contribution < 1.29 is 9.59 Å². The molecule has 2 N–H and O–H groups in total. The third-order valence-electron chi connectivity index (χ3n) is 3.94. The quantitative estimate of drug-likeness (QED) is 0.661. The molecule has 0 aromatic heterocycles. The van der Waals surface area contributed by atoms with E-state index in [2.05, 4.69) is 26.6 Å². The molecular weight excluding hydrogens is 412 g/mol. The number of hydrogen-bond donors (Lipinski definition) is 2. The molecule has 0 unspecified atom stereocenters. The largest absolute Gasteiger partial charge is 0.350 e. The van der Waals surface area contributed by atoms with E-state index in [1.54, 1.807) is 23.9 Å². The van der Waals surface area contributed by atoms with Crippen LogP contribution in [0.5, 0.6) is 0 Å². The molecule has 0 saturated carbocycles. The maximum atomic E-state index is 12.6. The Hall–Kier alpha value is -1.79. The maximum absolute atomic E-state index is 12.6. The Kier molecular flexibility index (Phi) is 8.19. The lowest BCUT2D eigenvalue weighted by atomic mass is 10.1. The molecule has 2 aromatic rings. The van der Waals surface area contributed by atoms with E-state index in [9.17, 15) is 9.59 Å². The topological polar surface area (TPSA) is 58.2 Å². The SMILES string of the molecule is CSCC[C@H](NC(=O)c1ccccc1Br)C(=O)NCc1ccc(C)cc1. The van der Waals surface area contributed by atoms with Crippen LogP contribution in [0.1, 0.15) is 27.9 Å². The molecule has 0 aliphatic heterocycles. The number of carbonyl (C=O) groups is 2. The molecular formula is C20H23BrN2O2S. The van der Waals surface area contributed by atoms with Crippen LogP contribution in [0.15, 0.2) is 53.0 Å². The van der Waals surface area contributed by atoms with Crippen molar-refractivity contribution in [3.63, 3.8) is 0 Å². The molecule has 0 fully saturated rings. The molecule has 0 bridgehead atoms. The second-order valence-corrected chi connectivity index (χ2v) is 7.83. The summed E-state index contributed by atoms with van der Waals surface area (Å²) in [6.07, 6.45) is 2.56. The average molecular weight is 435 g/mol. The predicted octanol–water partition coefficient (Wildman–Crippen LogP) is 3.93. The lowest BCUT2D eigenvalue weighted by molar-refractivity contribution is -0.123. The van der Waals surface area contributed by atoms with Crippen molar-refractivity contribution in [3.8, 4) is 0 Å². The molecule has 2 aromatic carbocycles. The number of amides is 2. The van der Waals surface area contributed by atoms with Gasteiger partial charge in [0.2, 0.25) is 5.91 Å². The van der Waals surface area contributed by atoms with E-state index in [0.29, 0.717) is 23.0 Å². The number of nitrogens with one attached hydrogen (secondary N) is 2. The van der Waals surface area contributed by atoms with E-state index in [1.165, 1.54) is 5.56 Å². The molecule has 0 heterocycles. The number of halogens is 1. The molecule has 1 atom stereocenters. The fraction of sp³-hybridized carbons (Fsp3) is 0.300. The van der Waals surface area contributed by atoms with Gasteiger partial charge in [-0.3, -0.25) is 9.59 Å². The summed E-state index contributed by atoms with van der Waals surface area (Å²) in [5.74, 6) is 0.368. The van der Waals surface area contributed by atoms with Gasteiger partial charge in [0, 0.05) is 11.0 Å². The van der Waals surface area contributed by atoms with Gasteiger partial charge in [-0.1, -0.05) is 42.0 Å². The van der Waals surface area contributed by atoms with Gasteiger partial charge >= 0.3 is 0 Å². The second kappa shape index (κ2) is 10.4. The van der Waals surface area contributed by atoms with E-state index < -0.39 is 6.04 Å². The van der Waals surface area contributed by atoms with Gasteiger partial charge in [0.1, 0.15) is 6.04 Å². The molecule has 26 heavy (non-hydrogen) atoms. The molecule has 0 aliphatic rings. The first kappa shape index (κ1) is 20.5. The molecule has 2 amide bonds. The fourth-order valence-corrected chi connectivity index (χ4v) is 3.34. The van der Waals surface area contributed by atoms with Crippen LogP contribution >= 0.6 is 27.7 Å². The molecule has 6 heteroatoms. The van der Waals surface area contributed by atoms with Crippen LogP contribution in [0.25, 0.3) is 0 Å². The van der Waals surface area contributed by atoms with Crippen LogP contribution in [-0.2, 0) is 11.3 Å². The van der Waals surface area contributed by atoms with Crippen LogP contribution < -0.4 is 10.6 Å². The van der Waals surface area contributed by atoms with Crippen molar-refractivity contribution in [3.05, 3.63) is 69.7 Å². The second-order valence-electron chi connectivity index (χ2n) is 5.99. The summed E-state index contributed by atoms with van der Waals surface area (Å²) in [4.78, 5) is 25.1. The van der Waals surface area contributed by atoms with E-state index >= 15 is 0 Å². The summed E-state index contributed by atoms with van der Waals surface area (Å²) in [5, 5.41) is 5.78. The Morgan fingerprint density at radius 2 is 1.81 bits per heavy atom. The normalized spacial score (nSPS) is 11.7. The number of rotatable bonds is 8. The molecule has 0 radical (unpaired) electrons. The zero-order valence-electron chi connectivity index (χ0n) is 14.9. The van der Waals surface area contributed by atoms with Crippen LogP contribution in [0.2, 0.25) is 0 Å². The summed E-state index contributed by atoms with van der Waals surface area (Å²) < 4.78 is 0.709. The molecule has 0 spiro atoms. The van der Waals surface area contributed by atoms with Crippen LogP contribution in [0.3, 0.4) is 0 Å². The van der Waals surface area contributed by atoms with Crippen LogP contribution in [-0.4, -0.2) is 29.9 Å². The third kappa shape index (κ3) is 6.18. The van der Waals surface area contributed by atoms with Gasteiger partial charge < -0.3 is 10.6 Å². The van der Waals surface area contributed by atoms with Crippen molar-refractivity contribution >= 4 is 39.5 Å². The molecule has 0 aliphatic carbocycles. The Balaban J connectivity index is 2.00. The number of carbonyl (C=O) groups excluding carboxylic acids is 2. The lowest BCUT2D eigenvalue weighted by Gasteiger charge is -2.18. The van der Waals surface area contributed by atoms with E-state index in [0.717, 1.165) is 11.3 Å². The standard InChI is InChI=1S/C20H23BrN2O2S/c1-14-7-9-15(10-8-14)13-22-20(25)18(11-12-26-2)23-19(24)16-5-3-4-6-17(16)21/h3-10,18H,11-13H2,1-2H3,(H,22,25)(H,23,24)/t18-/m0/s1. The molecule has 0 saturated heterocycles. The molecule has 138 valence electrons. The van der Waals surface area contributed by atoms with Crippen molar-refractivity contribution in [2.24, 2.45) is 0 Å². The van der Waals surface area contributed by atoms with Crippen LogP contribution in [0, 0.1) is 6.92 Å².